The molecule has 0 spiro atoms. The molecule has 0 aliphatic heterocycles. The molecule has 0 radical (unpaired) electrons. The molecule has 0 aliphatic carbocycles. The van der Waals surface area contributed by atoms with Gasteiger partial charge in [0.1, 0.15) is 0 Å². The highest BCUT2D eigenvalue weighted by Gasteiger charge is 2.13. The third kappa shape index (κ3) is 2.16. The van der Waals surface area contributed by atoms with Crippen LogP contribution < -0.4 is 11.1 Å². The van der Waals surface area contributed by atoms with Crippen molar-refractivity contribution in [3.63, 3.8) is 0 Å². The SMILES string of the molecule is NC(=O)Nc1ccc([N+](=O)[O-])c(F)c1. The predicted octanol–water partition coefficient (Wildman–Crippen LogP) is 1.22. The van der Waals surface area contributed by atoms with Crippen molar-refractivity contribution in [3.05, 3.63) is 34.1 Å². The fraction of sp³-hybridized carbons (Fsp3) is 0. The predicted molar refractivity (Wildman–Crippen MR) is 46.3 cm³/mol. The molecule has 0 saturated heterocycles. The molecule has 1 aromatic carbocycles. The molecule has 0 saturated carbocycles. The molecule has 1 rings (SSSR count). The molecule has 3 N–H and O–H groups in total. The van der Waals surface area contributed by atoms with Crippen molar-refractivity contribution in [2.75, 3.05) is 5.32 Å². The lowest BCUT2D eigenvalue weighted by atomic mass is 10.2. The number of nitro groups is 1. The van der Waals surface area contributed by atoms with Crippen molar-refractivity contribution in [2.24, 2.45) is 5.73 Å². The summed E-state index contributed by atoms with van der Waals surface area (Å²) in [5, 5.41) is 12.3. The van der Waals surface area contributed by atoms with Crippen LogP contribution in [0.1, 0.15) is 0 Å². The number of carbonyl (C=O) groups excluding carboxylic acids is 1. The lowest BCUT2D eigenvalue weighted by molar-refractivity contribution is -0.387. The van der Waals surface area contributed by atoms with E-state index in [-0.39, 0.29) is 5.69 Å². The number of amides is 2. The molecular weight excluding hydrogens is 193 g/mol. The summed E-state index contributed by atoms with van der Waals surface area (Å²) in [5.41, 5.74) is 4.18. The van der Waals surface area contributed by atoms with Crippen molar-refractivity contribution < 1.29 is 14.1 Å². The first-order chi connectivity index (χ1) is 6.50. The van der Waals surface area contributed by atoms with Gasteiger partial charge in [0.05, 0.1) is 4.92 Å². The Morgan fingerprint density at radius 3 is 2.64 bits per heavy atom. The van der Waals surface area contributed by atoms with Gasteiger partial charge in [0.25, 0.3) is 0 Å². The molecule has 0 aliphatic rings. The number of benzene rings is 1. The highest BCUT2D eigenvalue weighted by molar-refractivity contribution is 5.87. The minimum Gasteiger partial charge on any atom is -0.351 e. The number of rotatable bonds is 2. The van der Waals surface area contributed by atoms with Crippen LogP contribution in [0.25, 0.3) is 0 Å². The van der Waals surface area contributed by atoms with Gasteiger partial charge in [-0.15, -0.1) is 0 Å². The molecule has 6 nitrogen and oxygen atoms in total. The van der Waals surface area contributed by atoms with E-state index in [0.29, 0.717) is 0 Å². The topological polar surface area (TPSA) is 98.3 Å². The normalized spacial score (nSPS) is 9.50. The Hall–Kier alpha value is -2.18. The van der Waals surface area contributed by atoms with E-state index in [0.717, 1.165) is 12.1 Å². The molecule has 0 atom stereocenters. The molecule has 0 aromatic heterocycles. The fourth-order valence-electron chi connectivity index (χ4n) is 0.875. The Kier molecular flexibility index (Phi) is 2.61. The second-order valence-electron chi connectivity index (χ2n) is 2.41. The summed E-state index contributed by atoms with van der Waals surface area (Å²) in [6.07, 6.45) is 0. The summed E-state index contributed by atoms with van der Waals surface area (Å²) in [4.78, 5) is 19.7. The van der Waals surface area contributed by atoms with Crippen molar-refractivity contribution in [2.45, 2.75) is 0 Å². The van der Waals surface area contributed by atoms with Gasteiger partial charge in [0.2, 0.25) is 5.82 Å². The van der Waals surface area contributed by atoms with E-state index in [4.69, 9.17) is 5.73 Å². The van der Waals surface area contributed by atoms with Crippen molar-refractivity contribution >= 4 is 17.4 Å². The second kappa shape index (κ2) is 3.69. The van der Waals surface area contributed by atoms with Crippen LogP contribution in [0.5, 0.6) is 0 Å². The molecule has 7 heteroatoms. The number of nitrogens with zero attached hydrogens (tertiary/aromatic N) is 1. The first-order valence-electron chi connectivity index (χ1n) is 3.51. The van der Waals surface area contributed by atoms with Crippen LogP contribution in [0.4, 0.5) is 20.6 Å². The quantitative estimate of drug-likeness (QED) is 0.553. The number of halogens is 1. The lowest BCUT2D eigenvalue weighted by Gasteiger charge is -2.00. The van der Waals surface area contributed by atoms with E-state index in [9.17, 15) is 19.3 Å². The van der Waals surface area contributed by atoms with Gasteiger partial charge in [-0.05, 0) is 6.07 Å². The van der Waals surface area contributed by atoms with E-state index >= 15 is 0 Å². The Labute approximate surface area is 77.7 Å². The number of nitro benzene ring substituents is 1. The highest BCUT2D eigenvalue weighted by Crippen LogP contribution is 2.20. The zero-order chi connectivity index (χ0) is 10.7. The number of hydrogen-bond donors (Lipinski definition) is 2. The Bertz CT molecular complexity index is 394. The van der Waals surface area contributed by atoms with Crippen molar-refractivity contribution in [3.8, 4) is 0 Å². The second-order valence-corrected chi connectivity index (χ2v) is 2.41. The Morgan fingerprint density at radius 2 is 2.21 bits per heavy atom. The number of nitrogens with two attached hydrogens (primary N) is 1. The van der Waals surface area contributed by atoms with E-state index in [1.165, 1.54) is 6.07 Å². The summed E-state index contributed by atoms with van der Waals surface area (Å²) in [7, 11) is 0. The minimum absolute atomic E-state index is 0.0700. The molecule has 0 bridgehead atoms. The number of primary amides is 1. The maximum Gasteiger partial charge on any atom is 0.316 e. The monoisotopic (exact) mass is 199 g/mol. The zero-order valence-electron chi connectivity index (χ0n) is 6.86. The maximum absolute atomic E-state index is 12.9. The van der Waals surface area contributed by atoms with Crippen LogP contribution in [0, 0.1) is 15.9 Å². The summed E-state index contributed by atoms with van der Waals surface area (Å²) >= 11 is 0. The van der Waals surface area contributed by atoms with Gasteiger partial charge in [-0.2, -0.15) is 4.39 Å². The van der Waals surface area contributed by atoms with Crippen LogP contribution in [0.3, 0.4) is 0 Å². The van der Waals surface area contributed by atoms with Crippen LogP contribution >= 0.6 is 0 Å². The molecule has 14 heavy (non-hydrogen) atoms. The average molecular weight is 199 g/mol. The van der Waals surface area contributed by atoms with Gasteiger partial charge in [0, 0.05) is 17.8 Å². The number of hydrogen-bond acceptors (Lipinski definition) is 3. The highest BCUT2D eigenvalue weighted by atomic mass is 19.1. The zero-order valence-corrected chi connectivity index (χ0v) is 6.86. The fourth-order valence-corrected chi connectivity index (χ4v) is 0.875. The van der Waals surface area contributed by atoms with E-state index < -0.39 is 22.5 Å². The van der Waals surface area contributed by atoms with Crippen LogP contribution in [0.15, 0.2) is 18.2 Å². The molecule has 74 valence electrons. The van der Waals surface area contributed by atoms with Crippen LogP contribution in [-0.4, -0.2) is 11.0 Å². The summed E-state index contributed by atoms with van der Waals surface area (Å²) in [6.45, 7) is 0. The third-order valence-electron chi connectivity index (χ3n) is 1.41. The number of urea groups is 1. The van der Waals surface area contributed by atoms with Crippen molar-refractivity contribution in [1.82, 2.24) is 0 Å². The van der Waals surface area contributed by atoms with Gasteiger partial charge in [-0.25, -0.2) is 4.79 Å². The van der Waals surface area contributed by atoms with Gasteiger partial charge < -0.3 is 11.1 Å². The number of nitrogens with one attached hydrogen (secondary N) is 1. The lowest BCUT2D eigenvalue weighted by Crippen LogP contribution is -2.19. The van der Waals surface area contributed by atoms with E-state index in [2.05, 4.69) is 5.32 Å². The molecule has 2 amide bonds. The Balaban J connectivity index is 3.00. The van der Waals surface area contributed by atoms with Gasteiger partial charge in [0.15, 0.2) is 0 Å². The molecular formula is C7H6FN3O3. The summed E-state index contributed by atoms with van der Waals surface area (Å²) < 4.78 is 12.9. The average Bonchev–Trinajstić information content (AvgIpc) is 2.01. The van der Waals surface area contributed by atoms with Crippen molar-refractivity contribution in [1.29, 1.82) is 0 Å². The molecule has 1 aromatic rings. The smallest absolute Gasteiger partial charge is 0.316 e. The molecule has 0 heterocycles. The van der Waals surface area contributed by atoms with Crippen LogP contribution in [-0.2, 0) is 0 Å². The van der Waals surface area contributed by atoms with Gasteiger partial charge in [-0.3, -0.25) is 10.1 Å². The number of anilines is 1. The van der Waals surface area contributed by atoms with E-state index in [1.54, 1.807) is 0 Å². The molecule has 0 unspecified atom stereocenters. The third-order valence-corrected chi connectivity index (χ3v) is 1.41. The first kappa shape index (κ1) is 9.90. The molecule has 0 fully saturated rings. The first-order valence-corrected chi connectivity index (χ1v) is 3.51. The Morgan fingerprint density at radius 1 is 1.57 bits per heavy atom. The standard InChI is InChI=1S/C7H6FN3O3/c8-5-3-4(10-7(9)12)1-2-6(5)11(13)14/h1-3H,(H3,9,10,12). The van der Waals surface area contributed by atoms with Gasteiger partial charge in [-0.1, -0.05) is 0 Å². The summed E-state index contributed by atoms with van der Waals surface area (Å²) in [5.74, 6) is -1.03. The minimum atomic E-state index is -1.03. The maximum atomic E-state index is 12.9. The van der Waals surface area contributed by atoms with E-state index in [1.807, 2.05) is 0 Å². The van der Waals surface area contributed by atoms with Crippen LogP contribution in [0.2, 0.25) is 0 Å². The summed E-state index contributed by atoms with van der Waals surface area (Å²) in [6, 6.07) is 2.09. The largest absolute Gasteiger partial charge is 0.351 e. The number of carbonyl (C=O) groups is 1. The van der Waals surface area contributed by atoms with Gasteiger partial charge >= 0.3 is 11.7 Å².